The first-order chi connectivity index (χ1) is 10.5. The number of sulfonamides is 1. The van der Waals surface area contributed by atoms with E-state index in [0.29, 0.717) is 18.0 Å². The number of hydrogen-bond acceptors (Lipinski definition) is 4. The van der Waals surface area contributed by atoms with E-state index >= 15 is 0 Å². The fraction of sp³-hybridized carbons (Fsp3) is 0.375. The predicted molar refractivity (Wildman–Crippen MR) is 84.1 cm³/mol. The molecule has 1 aromatic carbocycles. The van der Waals surface area contributed by atoms with E-state index in [9.17, 15) is 8.42 Å². The highest BCUT2D eigenvalue weighted by atomic mass is 32.2. The number of aromatic nitrogens is 2. The Labute approximate surface area is 131 Å². The monoisotopic (exact) mass is 317 g/mol. The Balaban J connectivity index is 1.81. The van der Waals surface area contributed by atoms with Crippen molar-refractivity contribution >= 4 is 10.0 Å². The Bertz CT molecular complexity index is 772. The van der Waals surface area contributed by atoms with E-state index in [0.717, 1.165) is 23.5 Å². The summed E-state index contributed by atoms with van der Waals surface area (Å²) in [5.41, 5.74) is 1.95. The molecule has 0 N–H and O–H groups in total. The Morgan fingerprint density at radius 3 is 2.55 bits per heavy atom. The van der Waals surface area contributed by atoms with Gasteiger partial charge in [0.05, 0.1) is 4.90 Å². The second-order valence-corrected chi connectivity index (χ2v) is 7.66. The van der Waals surface area contributed by atoms with Crippen LogP contribution >= 0.6 is 0 Å². The quantitative estimate of drug-likeness (QED) is 0.871. The molecule has 0 saturated carbocycles. The van der Waals surface area contributed by atoms with Crippen molar-refractivity contribution in [1.82, 2.24) is 14.3 Å². The van der Waals surface area contributed by atoms with Gasteiger partial charge in [0, 0.05) is 30.9 Å². The third-order valence-corrected chi connectivity index (χ3v) is 5.87. The molecule has 3 rings (SSSR count). The molecule has 2 heterocycles. The zero-order valence-corrected chi connectivity index (χ0v) is 13.5. The van der Waals surface area contributed by atoms with Crippen LogP contribution < -0.4 is 0 Å². The molecule has 1 aliphatic heterocycles. The third kappa shape index (κ3) is 2.89. The predicted octanol–water partition coefficient (Wildman–Crippen LogP) is 2.27. The van der Waals surface area contributed by atoms with Gasteiger partial charge in [0.25, 0.3) is 0 Å². The largest absolute Gasteiger partial charge is 0.243 e. The first-order valence-electron chi connectivity index (χ1n) is 7.33. The highest BCUT2D eigenvalue weighted by Gasteiger charge is 2.34. The summed E-state index contributed by atoms with van der Waals surface area (Å²) >= 11 is 0. The minimum atomic E-state index is -3.43. The van der Waals surface area contributed by atoms with E-state index in [1.165, 1.54) is 4.31 Å². The molecule has 2 aromatic rings. The van der Waals surface area contributed by atoms with Gasteiger partial charge in [-0.05, 0) is 38.5 Å². The number of hydrogen-bond donors (Lipinski definition) is 0. The Morgan fingerprint density at radius 1 is 1.14 bits per heavy atom. The van der Waals surface area contributed by atoms with E-state index < -0.39 is 10.0 Å². The topological polar surface area (TPSA) is 63.2 Å². The first-order valence-corrected chi connectivity index (χ1v) is 8.77. The molecule has 1 aromatic heterocycles. The lowest BCUT2D eigenvalue weighted by atomic mass is 10.1. The molecule has 0 bridgehead atoms. The molecule has 5 nitrogen and oxygen atoms in total. The average molecular weight is 317 g/mol. The molecule has 0 aliphatic carbocycles. The summed E-state index contributed by atoms with van der Waals surface area (Å²) < 4.78 is 26.9. The van der Waals surface area contributed by atoms with Crippen LogP contribution in [0.15, 0.2) is 41.4 Å². The van der Waals surface area contributed by atoms with Gasteiger partial charge in [-0.15, -0.1) is 0 Å². The normalized spacial score (nSPS) is 19.5. The molecule has 1 fully saturated rings. The lowest BCUT2D eigenvalue weighted by molar-refractivity contribution is 0.471. The van der Waals surface area contributed by atoms with Crippen LogP contribution in [0.1, 0.15) is 29.4 Å². The smallest absolute Gasteiger partial charge is 0.241 e. The van der Waals surface area contributed by atoms with E-state index in [4.69, 9.17) is 0 Å². The summed E-state index contributed by atoms with van der Waals surface area (Å²) in [4.78, 5) is 9.06. The maximum Gasteiger partial charge on any atom is 0.243 e. The van der Waals surface area contributed by atoms with Gasteiger partial charge in [0.1, 0.15) is 5.82 Å². The molecule has 1 atom stereocenters. The van der Waals surface area contributed by atoms with Crippen LogP contribution in [0.3, 0.4) is 0 Å². The van der Waals surface area contributed by atoms with Gasteiger partial charge in [0.2, 0.25) is 10.0 Å². The van der Waals surface area contributed by atoms with Gasteiger partial charge < -0.3 is 0 Å². The third-order valence-electron chi connectivity index (χ3n) is 3.99. The van der Waals surface area contributed by atoms with Crippen molar-refractivity contribution in [3.8, 4) is 0 Å². The second-order valence-electron chi connectivity index (χ2n) is 5.72. The van der Waals surface area contributed by atoms with Gasteiger partial charge in [0.15, 0.2) is 0 Å². The number of rotatable bonds is 3. The summed E-state index contributed by atoms with van der Waals surface area (Å²) in [7, 11) is -3.43. The number of benzene rings is 1. The van der Waals surface area contributed by atoms with Crippen LogP contribution in [0.4, 0.5) is 0 Å². The molecule has 1 saturated heterocycles. The summed E-state index contributed by atoms with van der Waals surface area (Å²) in [6.07, 6.45) is 2.49. The summed E-state index contributed by atoms with van der Waals surface area (Å²) in [5, 5.41) is 0. The summed E-state index contributed by atoms with van der Waals surface area (Å²) in [6.45, 7) is 4.82. The molecule has 0 radical (unpaired) electrons. The molecule has 0 amide bonds. The zero-order chi connectivity index (χ0) is 15.7. The Morgan fingerprint density at radius 2 is 1.86 bits per heavy atom. The Kier molecular flexibility index (Phi) is 3.97. The van der Waals surface area contributed by atoms with Crippen molar-refractivity contribution < 1.29 is 8.42 Å². The van der Waals surface area contributed by atoms with Crippen molar-refractivity contribution in [2.45, 2.75) is 31.1 Å². The highest BCUT2D eigenvalue weighted by molar-refractivity contribution is 7.89. The molecular weight excluding hydrogens is 298 g/mol. The molecule has 6 heteroatoms. The van der Waals surface area contributed by atoms with E-state index in [1.54, 1.807) is 18.3 Å². The highest BCUT2D eigenvalue weighted by Crippen LogP contribution is 2.29. The van der Waals surface area contributed by atoms with Gasteiger partial charge >= 0.3 is 0 Å². The van der Waals surface area contributed by atoms with E-state index in [-0.39, 0.29) is 5.92 Å². The summed E-state index contributed by atoms with van der Waals surface area (Å²) in [6, 6.07) is 8.83. The fourth-order valence-corrected chi connectivity index (χ4v) is 4.18. The van der Waals surface area contributed by atoms with Crippen molar-refractivity contribution in [3.05, 3.63) is 53.6 Å². The first kappa shape index (κ1) is 15.1. The lowest BCUT2D eigenvalue weighted by Gasteiger charge is -2.16. The van der Waals surface area contributed by atoms with E-state index in [2.05, 4.69) is 9.97 Å². The van der Waals surface area contributed by atoms with Crippen molar-refractivity contribution in [2.24, 2.45) is 0 Å². The number of aryl methyl sites for hydroxylation is 2. The van der Waals surface area contributed by atoms with Crippen LogP contribution in [0, 0.1) is 13.8 Å². The maximum absolute atomic E-state index is 12.7. The standard InChI is InChI=1S/C16H19N3O2S/c1-12-3-5-15(6-4-12)22(20,21)19-10-8-14(11-19)16-17-9-7-13(2)18-16/h3-7,9,14H,8,10-11H2,1-2H3. The molecule has 1 unspecified atom stereocenters. The lowest BCUT2D eigenvalue weighted by Crippen LogP contribution is -2.28. The molecule has 22 heavy (non-hydrogen) atoms. The molecule has 1 aliphatic rings. The van der Waals surface area contributed by atoms with Crippen LogP contribution in [0.5, 0.6) is 0 Å². The van der Waals surface area contributed by atoms with E-state index in [1.807, 2.05) is 32.0 Å². The van der Waals surface area contributed by atoms with Crippen molar-refractivity contribution in [2.75, 3.05) is 13.1 Å². The maximum atomic E-state index is 12.7. The van der Waals surface area contributed by atoms with Gasteiger partial charge in [-0.2, -0.15) is 4.31 Å². The van der Waals surface area contributed by atoms with Crippen LogP contribution in [0.2, 0.25) is 0 Å². The molecule has 0 spiro atoms. The van der Waals surface area contributed by atoms with Crippen LogP contribution in [-0.4, -0.2) is 35.8 Å². The zero-order valence-electron chi connectivity index (χ0n) is 12.7. The Hall–Kier alpha value is -1.79. The van der Waals surface area contributed by atoms with Crippen molar-refractivity contribution in [3.63, 3.8) is 0 Å². The van der Waals surface area contributed by atoms with Crippen molar-refractivity contribution in [1.29, 1.82) is 0 Å². The SMILES string of the molecule is Cc1ccc(S(=O)(=O)N2CCC(c3nccc(C)n3)C2)cc1. The minimum absolute atomic E-state index is 0.0696. The fourth-order valence-electron chi connectivity index (χ4n) is 2.68. The van der Waals surface area contributed by atoms with Crippen LogP contribution in [0.25, 0.3) is 0 Å². The minimum Gasteiger partial charge on any atom is -0.241 e. The van der Waals surface area contributed by atoms with Crippen LogP contribution in [-0.2, 0) is 10.0 Å². The molecular formula is C16H19N3O2S. The van der Waals surface area contributed by atoms with Gasteiger partial charge in [-0.25, -0.2) is 18.4 Å². The second kappa shape index (κ2) is 5.78. The van der Waals surface area contributed by atoms with Gasteiger partial charge in [-0.1, -0.05) is 17.7 Å². The number of nitrogens with zero attached hydrogens (tertiary/aromatic N) is 3. The van der Waals surface area contributed by atoms with Gasteiger partial charge in [-0.3, -0.25) is 0 Å². The summed E-state index contributed by atoms with van der Waals surface area (Å²) in [5.74, 6) is 0.807. The average Bonchev–Trinajstić information content (AvgIpc) is 2.98. The molecule has 116 valence electrons.